The number of rotatable bonds is 11. The Morgan fingerprint density at radius 2 is 1.91 bits per heavy atom. The van der Waals surface area contributed by atoms with E-state index in [1.54, 1.807) is 12.1 Å². The average Bonchev–Trinajstić information content (AvgIpc) is 3.37. The predicted molar refractivity (Wildman–Crippen MR) is 119 cm³/mol. The summed E-state index contributed by atoms with van der Waals surface area (Å²) >= 11 is 0. The van der Waals surface area contributed by atoms with Crippen LogP contribution in [0.25, 0.3) is 0 Å². The summed E-state index contributed by atoms with van der Waals surface area (Å²) in [5.41, 5.74) is -0.115. The predicted octanol–water partition coefficient (Wildman–Crippen LogP) is 3.38. The summed E-state index contributed by atoms with van der Waals surface area (Å²) in [4.78, 5) is 22.8. The number of unbranched alkanes of at least 4 members (excludes halogenated alkanes) is 2. The van der Waals surface area contributed by atoms with Crippen LogP contribution in [0.5, 0.6) is 5.75 Å². The molecule has 1 aliphatic carbocycles. The molecule has 7 nitrogen and oxygen atoms in total. The second-order valence-corrected chi connectivity index (χ2v) is 12.0. The summed E-state index contributed by atoms with van der Waals surface area (Å²) in [6.45, 7) is 6.33. The summed E-state index contributed by atoms with van der Waals surface area (Å²) < 4.78 is 47.9. The number of hydrogen-bond donors (Lipinski definition) is 2. The van der Waals surface area contributed by atoms with Crippen molar-refractivity contribution in [3.05, 3.63) is 29.6 Å². The monoisotopic (exact) mass is 468 g/mol. The molecule has 178 valence electrons. The average molecular weight is 469 g/mol. The maximum absolute atomic E-state index is 14.2. The minimum atomic E-state index is -3.52. The van der Waals surface area contributed by atoms with Gasteiger partial charge < -0.3 is 4.74 Å². The molecule has 1 aromatic rings. The first-order valence-electron chi connectivity index (χ1n) is 11.2. The fraction of sp³-hybridized carbons (Fsp3) is 0.652. The van der Waals surface area contributed by atoms with Gasteiger partial charge >= 0.3 is 0 Å². The molecule has 1 unspecified atom stereocenters. The van der Waals surface area contributed by atoms with Crippen LogP contribution in [-0.2, 0) is 25.2 Å². The van der Waals surface area contributed by atoms with E-state index in [0.29, 0.717) is 50.7 Å². The highest BCUT2D eigenvalue weighted by Crippen LogP contribution is 2.47. The Hall–Kier alpha value is -2.00. The molecule has 2 fully saturated rings. The molecule has 2 amide bonds. The van der Waals surface area contributed by atoms with Crippen LogP contribution in [0.15, 0.2) is 18.2 Å². The lowest BCUT2D eigenvalue weighted by Gasteiger charge is -2.22. The van der Waals surface area contributed by atoms with Crippen molar-refractivity contribution >= 4 is 21.8 Å². The van der Waals surface area contributed by atoms with E-state index < -0.39 is 21.4 Å². The maximum Gasteiger partial charge on any atom is 0.230 e. The standard InChI is InChI=1S/C23H33FN2O5S/c1-22(2,3)15-31-19-14-17(8-9-18(19)24)23(10-11-23)26-32(29,30)12-6-4-5-7-16-13-20(27)25-21(16)28/h8-9,14,16,26H,4-7,10-13,15H2,1-3H3,(H,25,27,28). The van der Waals surface area contributed by atoms with Gasteiger partial charge in [-0.2, -0.15) is 0 Å². The molecule has 9 heteroatoms. The van der Waals surface area contributed by atoms with E-state index in [-0.39, 0.29) is 41.1 Å². The molecule has 0 radical (unpaired) electrons. The molecule has 2 N–H and O–H groups in total. The highest BCUT2D eigenvalue weighted by molar-refractivity contribution is 7.89. The van der Waals surface area contributed by atoms with E-state index in [9.17, 15) is 22.4 Å². The minimum Gasteiger partial charge on any atom is -0.490 e. The van der Waals surface area contributed by atoms with E-state index in [1.807, 2.05) is 20.8 Å². The number of halogens is 1. The third-order valence-corrected chi connectivity index (χ3v) is 7.30. The number of hydrogen-bond acceptors (Lipinski definition) is 5. The molecule has 1 aliphatic heterocycles. The van der Waals surface area contributed by atoms with Crippen molar-refractivity contribution in [3.63, 3.8) is 0 Å². The van der Waals surface area contributed by atoms with Crippen LogP contribution < -0.4 is 14.8 Å². The molecular formula is C23H33FN2O5S. The molecule has 1 saturated carbocycles. The van der Waals surface area contributed by atoms with Crippen LogP contribution in [0, 0.1) is 17.2 Å². The lowest BCUT2D eigenvalue weighted by Crippen LogP contribution is -2.36. The third kappa shape index (κ3) is 6.75. The number of sulfonamides is 1. The fourth-order valence-corrected chi connectivity index (χ4v) is 5.43. The molecule has 0 bridgehead atoms. The van der Waals surface area contributed by atoms with E-state index in [4.69, 9.17) is 4.74 Å². The van der Waals surface area contributed by atoms with Crippen LogP contribution in [0.3, 0.4) is 0 Å². The van der Waals surface area contributed by atoms with Gasteiger partial charge in [-0.05, 0) is 48.8 Å². The zero-order valence-corrected chi connectivity index (χ0v) is 19.8. The van der Waals surface area contributed by atoms with Gasteiger partial charge in [0.05, 0.1) is 17.9 Å². The lowest BCUT2D eigenvalue weighted by atomic mass is 9.98. The molecule has 2 aliphatic rings. The molecule has 1 atom stereocenters. The number of benzene rings is 1. The van der Waals surface area contributed by atoms with Crippen molar-refractivity contribution in [2.75, 3.05) is 12.4 Å². The van der Waals surface area contributed by atoms with Crippen LogP contribution in [-0.4, -0.2) is 32.6 Å². The molecule has 32 heavy (non-hydrogen) atoms. The van der Waals surface area contributed by atoms with Gasteiger partial charge in [0, 0.05) is 12.3 Å². The first kappa shape index (κ1) is 24.6. The second-order valence-electron chi connectivity index (χ2n) is 10.2. The summed E-state index contributed by atoms with van der Waals surface area (Å²) in [7, 11) is -3.52. The fourth-order valence-electron chi connectivity index (χ4n) is 3.83. The molecular weight excluding hydrogens is 435 g/mol. The number of carbonyl (C=O) groups excluding carboxylic acids is 2. The molecule has 0 aromatic heterocycles. The summed E-state index contributed by atoms with van der Waals surface area (Å²) in [5.74, 6) is -1.11. The van der Waals surface area contributed by atoms with E-state index in [1.165, 1.54) is 6.07 Å². The van der Waals surface area contributed by atoms with Crippen LogP contribution in [0.4, 0.5) is 4.39 Å². The Morgan fingerprint density at radius 1 is 1.19 bits per heavy atom. The largest absolute Gasteiger partial charge is 0.490 e. The Kier molecular flexibility index (Phi) is 7.29. The second kappa shape index (κ2) is 9.47. The lowest BCUT2D eigenvalue weighted by molar-refractivity contribution is -0.125. The topological polar surface area (TPSA) is 102 Å². The Bertz CT molecular complexity index is 967. The maximum atomic E-state index is 14.2. The summed E-state index contributed by atoms with van der Waals surface area (Å²) in [6.07, 6.45) is 3.94. The van der Waals surface area contributed by atoms with E-state index in [0.717, 1.165) is 0 Å². The minimum absolute atomic E-state index is 0.0148. The van der Waals surface area contributed by atoms with E-state index in [2.05, 4.69) is 10.0 Å². The Labute approximate surface area is 189 Å². The van der Waals surface area contributed by atoms with Gasteiger partial charge in [0.25, 0.3) is 0 Å². The SMILES string of the molecule is CC(C)(C)COc1cc(C2(NS(=O)(=O)CCCCCC3CC(=O)NC3=O)CC2)ccc1F. The quantitative estimate of drug-likeness (QED) is 0.383. The number of ether oxygens (including phenoxy) is 1. The van der Waals surface area contributed by atoms with Crippen molar-refractivity contribution in [3.8, 4) is 5.75 Å². The smallest absolute Gasteiger partial charge is 0.230 e. The molecule has 1 heterocycles. The first-order valence-corrected chi connectivity index (χ1v) is 12.8. The van der Waals surface area contributed by atoms with E-state index >= 15 is 0 Å². The molecule has 0 spiro atoms. The van der Waals surface area contributed by atoms with Gasteiger partial charge in [-0.1, -0.05) is 39.7 Å². The zero-order valence-electron chi connectivity index (χ0n) is 19.0. The van der Waals surface area contributed by atoms with Crippen molar-refractivity contribution in [2.45, 2.75) is 71.3 Å². The normalized spacial score (nSPS) is 20.3. The van der Waals surface area contributed by atoms with Crippen molar-refractivity contribution < 1.29 is 27.1 Å². The van der Waals surface area contributed by atoms with Crippen molar-refractivity contribution in [2.24, 2.45) is 11.3 Å². The summed E-state index contributed by atoms with van der Waals surface area (Å²) in [6, 6.07) is 4.54. The Balaban J connectivity index is 1.51. The number of amides is 2. The number of nitrogens with one attached hydrogen (secondary N) is 2. The van der Waals surface area contributed by atoms with Gasteiger partial charge in [0.15, 0.2) is 11.6 Å². The highest BCUT2D eigenvalue weighted by Gasteiger charge is 2.47. The first-order chi connectivity index (χ1) is 14.9. The Morgan fingerprint density at radius 3 is 2.50 bits per heavy atom. The van der Waals surface area contributed by atoms with Crippen LogP contribution in [0.2, 0.25) is 0 Å². The van der Waals surface area contributed by atoms with Crippen molar-refractivity contribution in [1.29, 1.82) is 0 Å². The third-order valence-electron chi connectivity index (χ3n) is 5.78. The molecule has 1 aromatic carbocycles. The van der Waals surface area contributed by atoms with Gasteiger partial charge in [-0.3, -0.25) is 14.9 Å². The zero-order chi connectivity index (χ0) is 23.6. The van der Waals surface area contributed by atoms with Crippen LogP contribution in [0.1, 0.15) is 71.3 Å². The summed E-state index contributed by atoms with van der Waals surface area (Å²) in [5, 5.41) is 2.29. The van der Waals surface area contributed by atoms with Gasteiger partial charge in [-0.25, -0.2) is 17.5 Å². The molecule has 3 rings (SSSR count). The van der Waals surface area contributed by atoms with Gasteiger partial charge in [0.2, 0.25) is 21.8 Å². The van der Waals surface area contributed by atoms with Gasteiger partial charge in [0.1, 0.15) is 0 Å². The molecule has 1 saturated heterocycles. The number of imide groups is 1. The highest BCUT2D eigenvalue weighted by atomic mass is 32.2. The number of carbonyl (C=O) groups is 2. The van der Waals surface area contributed by atoms with Crippen molar-refractivity contribution in [1.82, 2.24) is 10.0 Å². The van der Waals surface area contributed by atoms with Crippen LogP contribution >= 0.6 is 0 Å². The van der Waals surface area contributed by atoms with Gasteiger partial charge in [-0.15, -0.1) is 0 Å².